The second kappa shape index (κ2) is 6.97. The number of hydrogen-bond donors (Lipinski definition) is 0. The van der Waals surface area contributed by atoms with Crippen LogP contribution in [0.5, 0.6) is 0 Å². The summed E-state index contributed by atoms with van der Waals surface area (Å²) in [7, 11) is 0. The Kier molecular flexibility index (Phi) is 5.93. The first-order chi connectivity index (χ1) is 8.06. The van der Waals surface area contributed by atoms with Gasteiger partial charge >= 0.3 is 0 Å². The predicted octanol–water partition coefficient (Wildman–Crippen LogP) is 4.33. The van der Waals surface area contributed by atoms with Gasteiger partial charge in [-0.25, -0.2) is 0 Å². The molecule has 0 unspecified atom stereocenters. The molecule has 0 radical (unpaired) electrons. The van der Waals surface area contributed by atoms with Crippen molar-refractivity contribution in [3.05, 3.63) is 46.5 Å². The largest absolute Gasteiger partial charge is 0.377 e. The molecule has 0 bridgehead atoms. The van der Waals surface area contributed by atoms with Gasteiger partial charge in [-0.05, 0) is 49.4 Å². The van der Waals surface area contributed by atoms with E-state index in [4.69, 9.17) is 4.74 Å². The highest BCUT2D eigenvalue weighted by atomic mass is 79.9. The molecule has 17 heavy (non-hydrogen) atoms. The van der Waals surface area contributed by atoms with Gasteiger partial charge in [0.15, 0.2) is 0 Å². The molecule has 0 saturated heterocycles. The lowest BCUT2D eigenvalue weighted by atomic mass is 9.96. The van der Waals surface area contributed by atoms with E-state index in [1.165, 1.54) is 22.3 Å². The minimum absolute atomic E-state index is 0.661. The summed E-state index contributed by atoms with van der Waals surface area (Å²) in [5.41, 5.74) is 6.60. The van der Waals surface area contributed by atoms with E-state index < -0.39 is 0 Å². The minimum atomic E-state index is 0.661. The topological polar surface area (TPSA) is 9.23 Å². The van der Waals surface area contributed by atoms with Gasteiger partial charge in [0.2, 0.25) is 0 Å². The van der Waals surface area contributed by atoms with E-state index in [9.17, 15) is 0 Å². The minimum Gasteiger partial charge on any atom is -0.377 e. The SMILES string of the molecule is C=C(C)COCCc1c(CBr)ccc(C)c1C. The summed E-state index contributed by atoms with van der Waals surface area (Å²) in [6.45, 7) is 11.6. The van der Waals surface area contributed by atoms with Crippen molar-refractivity contribution in [1.82, 2.24) is 0 Å². The smallest absolute Gasteiger partial charge is 0.0671 e. The lowest BCUT2D eigenvalue weighted by Gasteiger charge is -2.13. The highest BCUT2D eigenvalue weighted by molar-refractivity contribution is 9.08. The van der Waals surface area contributed by atoms with Crippen LogP contribution in [0.25, 0.3) is 0 Å². The fourth-order valence-corrected chi connectivity index (χ4v) is 2.35. The predicted molar refractivity (Wildman–Crippen MR) is 77.9 cm³/mol. The van der Waals surface area contributed by atoms with Crippen LogP contribution < -0.4 is 0 Å². The van der Waals surface area contributed by atoms with Gasteiger partial charge in [0, 0.05) is 5.33 Å². The number of hydrogen-bond acceptors (Lipinski definition) is 1. The summed E-state index contributed by atoms with van der Waals surface area (Å²) < 4.78 is 5.58. The van der Waals surface area contributed by atoms with E-state index in [0.717, 1.165) is 23.9 Å². The third kappa shape index (κ3) is 4.29. The number of aryl methyl sites for hydroxylation is 1. The molecular formula is C15H21BrO. The molecule has 1 aromatic rings. The second-order valence-corrected chi connectivity index (χ2v) is 5.10. The first-order valence-electron chi connectivity index (χ1n) is 5.92. The zero-order valence-corrected chi connectivity index (χ0v) is 12.6. The Morgan fingerprint density at radius 3 is 2.65 bits per heavy atom. The van der Waals surface area contributed by atoms with Crippen molar-refractivity contribution in [2.45, 2.75) is 32.5 Å². The molecule has 0 aliphatic carbocycles. The Labute approximate surface area is 113 Å². The van der Waals surface area contributed by atoms with Gasteiger partial charge in [0.25, 0.3) is 0 Å². The van der Waals surface area contributed by atoms with E-state index in [1.807, 2.05) is 6.92 Å². The van der Waals surface area contributed by atoms with Gasteiger partial charge < -0.3 is 4.74 Å². The lowest BCUT2D eigenvalue weighted by Crippen LogP contribution is -2.05. The molecule has 1 nitrogen and oxygen atoms in total. The Morgan fingerprint density at radius 2 is 2.06 bits per heavy atom. The number of halogens is 1. The first-order valence-corrected chi connectivity index (χ1v) is 7.04. The Bertz CT molecular complexity index is 396. The van der Waals surface area contributed by atoms with E-state index in [1.54, 1.807) is 0 Å². The van der Waals surface area contributed by atoms with Crippen LogP contribution in [0.2, 0.25) is 0 Å². The fraction of sp³-hybridized carbons (Fsp3) is 0.467. The molecule has 0 atom stereocenters. The lowest BCUT2D eigenvalue weighted by molar-refractivity contribution is 0.159. The molecule has 1 rings (SSSR count). The maximum absolute atomic E-state index is 5.58. The molecule has 0 aliphatic rings. The van der Waals surface area contributed by atoms with E-state index in [2.05, 4.69) is 48.5 Å². The van der Waals surface area contributed by atoms with Crippen LogP contribution in [-0.2, 0) is 16.5 Å². The molecule has 0 aliphatic heterocycles. The maximum atomic E-state index is 5.58. The zero-order valence-electron chi connectivity index (χ0n) is 11.0. The zero-order chi connectivity index (χ0) is 12.8. The van der Waals surface area contributed by atoms with Gasteiger partial charge in [-0.3, -0.25) is 0 Å². The molecule has 0 saturated carbocycles. The van der Waals surface area contributed by atoms with Gasteiger partial charge in [0.05, 0.1) is 13.2 Å². The standard InChI is InChI=1S/C15H21BrO/c1-11(2)10-17-8-7-15-13(4)12(3)5-6-14(15)9-16/h5-6H,1,7-10H2,2-4H3. The molecule has 0 amide bonds. The van der Waals surface area contributed by atoms with Crippen LogP contribution in [0.3, 0.4) is 0 Å². The van der Waals surface area contributed by atoms with E-state index in [0.29, 0.717) is 6.61 Å². The average Bonchev–Trinajstić information content (AvgIpc) is 2.29. The molecule has 0 aromatic heterocycles. The van der Waals surface area contributed by atoms with E-state index >= 15 is 0 Å². The highest BCUT2D eigenvalue weighted by Crippen LogP contribution is 2.21. The summed E-state index contributed by atoms with van der Waals surface area (Å²) in [4.78, 5) is 0. The molecular weight excluding hydrogens is 276 g/mol. The van der Waals surface area contributed by atoms with Crippen molar-refractivity contribution >= 4 is 15.9 Å². The van der Waals surface area contributed by atoms with Crippen molar-refractivity contribution in [1.29, 1.82) is 0 Å². The summed E-state index contributed by atoms with van der Waals surface area (Å²) >= 11 is 3.54. The Balaban J connectivity index is 2.68. The molecule has 1 aromatic carbocycles. The number of benzene rings is 1. The van der Waals surface area contributed by atoms with E-state index in [-0.39, 0.29) is 0 Å². The maximum Gasteiger partial charge on any atom is 0.0671 e. The van der Waals surface area contributed by atoms with Gasteiger partial charge in [-0.1, -0.05) is 40.2 Å². The van der Waals surface area contributed by atoms with Crippen molar-refractivity contribution in [3.8, 4) is 0 Å². The van der Waals surface area contributed by atoms with Gasteiger partial charge in [-0.15, -0.1) is 0 Å². The molecule has 0 spiro atoms. The first kappa shape index (κ1) is 14.5. The quantitative estimate of drug-likeness (QED) is 0.431. The molecule has 0 fully saturated rings. The van der Waals surface area contributed by atoms with Crippen LogP contribution in [0.15, 0.2) is 24.3 Å². The third-order valence-corrected chi connectivity index (χ3v) is 3.56. The Hall–Kier alpha value is -0.600. The van der Waals surface area contributed by atoms with Gasteiger partial charge in [0.1, 0.15) is 0 Å². The molecule has 94 valence electrons. The normalized spacial score (nSPS) is 10.6. The van der Waals surface area contributed by atoms with Crippen molar-refractivity contribution < 1.29 is 4.74 Å². The molecule has 2 heteroatoms. The second-order valence-electron chi connectivity index (χ2n) is 4.54. The molecule has 0 heterocycles. The van der Waals surface area contributed by atoms with Crippen LogP contribution in [-0.4, -0.2) is 13.2 Å². The summed E-state index contributed by atoms with van der Waals surface area (Å²) in [5.74, 6) is 0. The van der Waals surface area contributed by atoms with Crippen LogP contribution in [0, 0.1) is 13.8 Å². The van der Waals surface area contributed by atoms with Crippen molar-refractivity contribution in [3.63, 3.8) is 0 Å². The summed E-state index contributed by atoms with van der Waals surface area (Å²) in [6, 6.07) is 4.38. The van der Waals surface area contributed by atoms with Crippen LogP contribution in [0.1, 0.15) is 29.2 Å². The van der Waals surface area contributed by atoms with Crippen LogP contribution in [0.4, 0.5) is 0 Å². The summed E-state index contributed by atoms with van der Waals surface area (Å²) in [5, 5.41) is 0.907. The Morgan fingerprint density at radius 1 is 1.35 bits per heavy atom. The number of ether oxygens (including phenoxy) is 1. The fourth-order valence-electron chi connectivity index (χ4n) is 1.82. The van der Waals surface area contributed by atoms with Crippen LogP contribution >= 0.6 is 15.9 Å². The molecule has 0 N–H and O–H groups in total. The summed E-state index contributed by atoms with van der Waals surface area (Å²) in [6.07, 6.45) is 0.974. The van der Waals surface area contributed by atoms with Crippen molar-refractivity contribution in [2.75, 3.05) is 13.2 Å². The monoisotopic (exact) mass is 296 g/mol. The number of alkyl halides is 1. The van der Waals surface area contributed by atoms with Crippen molar-refractivity contribution in [2.24, 2.45) is 0 Å². The highest BCUT2D eigenvalue weighted by Gasteiger charge is 2.07. The number of rotatable bonds is 6. The van der Waals surface area contributed by atoms with Gasteiger partial charge in [-0.2, -0.15) is 0 Å². The average molecular weight is 297 g/mol. The third-order valence-electron chi connectivity index (χ3n) is 2.96.